The Balaban J connectivity index is 2.03. The average Bonchev–Trinajstić information content (AvgIpc) is 3.43. The van der Waals surface area contributed by atoms with Crippen molar-refractivity contribution in [3.63, 3.8) is 0 Å². The SMILES string of the molecule is CCC/C=C/CC/C=C/CC/C=C/C(O)C(COC1OC(CO)C(O)C(O)C1O)NC(=O)CCCCCCCCCCCCC/C=C\C/C=C\CCCCCCCCCCCOC(=O)CCCCCCC/C=C\CCCC. The number of amides is 1. The summed E-state index contributed by atoms with van der Waals surface area (Å²) in [5, 5.41) is 54.3. The van der Waals surface area contributed by atoms with E-state index in [1.807, 2.05) is 6.08 Å². The molecular weight excluding hydrogens is 967 g/mol. The maximum Gasteiger partial charge on any atom is 0.305 e. The molecule has 1 heterocycles. The lowest BCUT2D eigenvalue weighted by Gasteiger charge is -2.40. The number of nitrogens with one attached hydrogen (secondary N) is 1. The van der Waals surface area contributed by atoms with Crippen LogP contribution in [0.3, 0.4) is 0 Å². The van der Waals surface area contributed by atoms with Crippen LogP contribution in [0.4, 0.5) is 0 Å². The number of hydrogen-bond acceptors (Lipinski definition) is 10. The molecule has 11 heteroatoms. The van der Waals surface area contributed by atoms with Gasteiger partial charge in [-0.25, -0.2) is 0 Å². The largest absolute Gasteiger partial charge is 0.466 e. The molecule has 7 unspecified atom stereocenters. The molecule has 77 heavy (non-hydrogen) atoms. The van der Waals surface area contributed by atoms with Crippen molar-refractivity contribution in [1.29, 1.82) is 0 Å². The first-order chi connectivity index (χ1) is 37.7. The van der Waals surface area contributed by atoms with Crippen LogP contribution < -0.4 is 5.32 Å². The third-order valence-electron chi connectivity index (χ3n) is 14.5. The summed E-state index contributed by atoms with van der Waals surface area (Å²) in [6.07, 6.45) is 63.1. The van der Waals surface area contributed by atoms with Crippen LogP contribution in [0.2, 0.25) is 0 Å². The number of unbranched alkanes of at least 4 members (excludes halogenated alkanes) is 30. The highest BCUT2D eigenvalue weighted by Gasteiger charge is 2.44. The maximum atomic E-state index is 13.0. The molecule has 11 nitrogen and oxygen atoms in total. The summed E-state index contributed by atoms with van der Waals surface area (Å²) >= 11 is 0. The zero-order chi connectivity index (χ0) is 55.9. The van der Waals surface area contributed by atoms with E-state index >= 15 is 0 Å². The molecule has 1 rings (SSSR count). The highest BCUT2D eigenvalue weighted by atomic mass is 16.7. The molecule has 1 fully saturated rings. The summed E-state index contributed by atoms with van der Waals surface area (Å²) in [7, 11) is 0. The van der Waals surface area contributed by atoms with Gasteiger partial charge in [0.2, 0.25) is 5.91 Å². The minimum atomic E-state index is -1.58. The lowest BCUT2D eigenvalue weighted by molar-refractivity contribution is -0.302. The Morgan fingerprint density at radius 3 is 1.42 bits per heavy atom. The van der Waals surface area contributed by atoms with Crippen LogP contribution in [0.1, 0.15) is 271 Å². The van der Waals surface area contributed by atoms with E-state index in [0.29, 0.717) is 19.4 Å². The number of carbonyl (C=O) groups excluding carboxylic acids is 2. The second-order valence-electron chi connectivity index (χ2n) is 21.7. The van der Waals surface area contributed by atoms with Gasteiger partial charge in [0.1, 0.15) is 24.4 Å². The summed E-state index contributed by atoms with van der Waals surface area (Å²) < 4.78 is 16.7. The normalized spacial score (nSPS) is 19.1. The number of rotatable bonds is 54. The van der Waals surface area contributed by atoms with Crippen molar-refractivity contribution in [1.82, 2.24) is 5.32 Å². The van der Waals surface area contributed by atoms with E-state index in [9.17, 15) is 35.1 Å². The van der Waals surface area contributed by atoms with Gasteiger partial charge < -0.3 is 45.1 Å². The van der Waals surface area contributed by atoms with Crippen LogP contribution in [0.15, 0.2) is 72.9 Å². The number of carbonyl (C=O) groups is 2. The molecule has 1 amide bonds. The van der Waals surface area contributed by atoms with E-state index in [-0.39, 0.29) is 18.5 Å². The van der Waals surface area contributed by atoms with Gasteiger partial charge >= 0.3 is 5.97 Å². The number of esters is 1. The Labute approximate surface area is 471 Å². The summed E-state index contributed by atoms with van der Waals surface area (Å²) in [5.74, 6) is -0.214. The number of ether oxygens (including phenoxy) is 3. The fraction of sp³-hybridized carbons (Fsp3) is 0.788. The Morgan fingerprint density at radius 2 is 0.909 bits per heavy atom. The number of allylic oxidation sites excluding steroid dienone is 11. The van der Waals surface area contributed by atoms with E-state index in [2.05, 4.69) is 79.9 Å². The molecule has 0 aromatic carbocycles. The molecular formula is C66H117NO10. The molecule has 0 bridgehead atoms. The fourth-order valence-corrected chi connectivity index (χ4v) is 9.43. The fourth-order valence-electron chi connectivity index (χ4n) is 9.43. The minimum Gasteiger partial charge on any atom is -0.466 e. The van der Waals surface area contributed by atoms with Gasteiger partial charge in [-0.15, -0.1) is 0 Å². The van der Waals surface area contributed by atoms with Crippen molar-refractivity contribution in [3.8, 4) is 0 Å². The van der Waals surface area contributed by atoms with Crippen LogP contribution in [0, 0.1) is 0 Å². The van der Waals surface area contributed by atoms with Crippen molar-refractivity contribution in [2.75, 3.05) is 19.8 Å². The average molecular weight is 1080 g/mol. The Kier molecular flexibility index (Phi) is 51.5. The zero-order valence-electron chi connectivity index (χ0n) is 49.2. The third-order valence-corrected chi connectivity index (χ3v) is 14.5. The number of hydrogen-bond donors (Lipinski definition) is 6. The lowest BCUT2D eigenvalue weighted by atomic mass is 9.99. The summed E-state index contributed by atoms with van der Waals surface area (Å²) in [6.45, 7) is 4.20. The summed E-state index contributed by atoms with van der Waals surface area (Å²) in [4.78, 5) is 25.0. The van der Waals surface area contributed by atoms with Crippen molar-refractivity contribution >= 4 is 11.9 Å². The Morgan fingerprint density at radius 1 is 0.481 bits per heavy atom. The van der Waals surface area contributed by atoms with Gasteiger partial charge in [0, 0.05) is 12.8 Å². The van der Waals surface area contributed by atoms with Gasteiger partial charge in [-0.3, -0.25) is 9.59 Å². The van der Waals surface area contributed by atoms with Crippen LogP contribution in [0.5, 0.6) is 0 Å². The van der Waals surface area contributed by atoms with Crippen molar-refractivity contribution < 1.29 is 49.3 Å². The first-order valence-electron chi connectivity index (χ1n) is 31.7. The van der Waals surface area contributed by atoms with E-state index in [1.165, 1.54) is 148 Å². The first-order valence-corrected chi connectivity index (χ1v) is 31.7. The third kappa shape index (κ3) is 44.5. The van der Waals surface area contributed by atoms with Gasteiger partial charge in [-0.2, -0.15) is 0 Å². The topological polar surface area (TPSA) is 175 Å². The molecule has 0 radical (unpaired) electrons. The lowest BCUT2D eigenvalue weighted by Crippen LogP contribution is -2.60. The number of aliphatic hydroxyl groups excluding tert-OH is 5. The number of aliphatic hydroxyl groups is 5. The maximum absolute atomic E-state index is 13.0. The van der Waals surface area contributed by atoms with Gasteiger partial charge in [0.15, 0.2) is 6.29 Å². The molecule has 446 valence electrons. The molecule has 0 aromatic heterocycles. The molecule has 7 atom stereocenters. The summed E-state index contributed by atoms with van der Waals surface area (Å²) in [6, 6.07) is -0.838. The molecule has 0 aromatic rings. The molecule has 0 spiro atoms. The van der Waals surface area contributed by atoms with Crippen molar-refractivity contribution in [2.45, 2.75) is 314 Å². The minimum absolute atomic E-state index is 0.0115. The quantitative estimate of drug-likeness (QED) is 0.0195. The first kappa shape index (κ1) is 72.1. The highest BCUT2D eigenvalue weighted by Crippen LogP contribution is 2.23. The zero-order valence-corrected chi connectivity index (χ0v) is 49.2. The summed E-state index contributed by atoms with van der Waals surface area (Å²) in [5.41, 5.74) is 0. The van der Waals surface area contributed by atoms with Crippen LogP contribution >= 0.6 is 0 Å². The van der Waals surface area contributed by atoms with Gasteiger partial charge in [-0.05, 0) is 103 Å². The monoisotopic (exact) mass is 1080 g/mol. The Hall–Kier alpha value is -2.90. The Bertz CT molecular complexity index is 1510. The molecule has 0 saturated carbocycles. The van der Waals surface area contributed by atoms with Gasteiger partial charge in [-0.1, -0.05) is 228 Å². The molecule has 1 aliphatic heterocycles. The van der Waals surface area contributed by atoms with Crippen molar-refractivity contribution in [3.05, 3.63) is 72.9 Å². The molecule has 6 N–H and O–H groups in total. The van der Waals surface area contributed by atoms with Crippen LogP contribution in [-0.4, -0.2) is 100 Å². The second kappa shape index (κ2) is 55.0. The van der Waals surface area contributed by atoms with E-state index in [4.69, 9.17) is 14.2 Å². The predicted octanol–water partition coefficient (Wildman–Crippen LogP) is 15.2. The van der Waals surface area contributed by atoms with E-state index in [1.54, 1.807) is 6.08 Å². The standard InChI is InChI=1S/C66H117NO10/c1-3-5-7-9-11-13-32-36-40-44-48-52-59(69)58(57-76-66-65(74)64(73)63(72)60(56-68)77-66)67-61(70)53-49-45-41-37-34-30-28-26-24-22-20-18-16-15-17-19-21-23-25-27-29-31-35-39-43-47-51-55-75-62(71)54-50-46-42-38-33-14-12-10-8-6-4-2/h7,9-10,12,15-16,19,21,32,36,48,52,58-60,63-66,68-69,72-74H,3-6,8,11,13-14,17-18,20,22-31,33-35,37-47,49-51,53-57H2,1-2H3,(H,67,70)/b9-7+,12-10-,16-15-,21-19-,36-32+,52-48+. The van der Waals surface area contributed by atoms with E-state index < -0.39 is 49.5 Å². The second-order valence-corrected chi connectivity index (χ2v) is 21.7. The highest BCUT2D eigenvalue weighted by molar-refractivity contribution is 5.76. The molecule has 1 saturated heterocycles. The van der Waals surface area contributed by atoms with Crippen LogP contribution in [-0.2, 0) is 23.8 Å². The van der Waals surface area contributed by atoms with E-state index in [0.717, 1.165) is 96.3 Å². The van der Waals surface area contributed by atoms with Crippen LogP contribution in [0.25, 0.3) is 0 Å². The van der Waals surface area contributed by atoms with Gasteiger partial charge in [0.05, 0.1) is 32.0 Å². The molecule has 0 aliphatic carbocycles. The molecule has 1 aliphatic rings. The smallest absolute Gasteiger partial charge is 0.305 e. The predicted molar refractivity (Wildman–Crippen MR) is 319 cm³/mol. The van der Waals surface area contributed by atoms with Crippen molar-refractivity contribution in [2.24, 2.45) is 0 Å². The van der Waals surface area contributed by atoms with Gasteiger partial charge in [0.25, 0.3) is 0 Å².